The van der Waals surface area contributed by atoms with Crippen LogP contribution in [-0.2, 0) is 10.5 Å². The first-order valence-electron chi connectivity index (χ1n) is 14.1. The van der Waals surface area contributed by atoms with E-state index in [-0.39, 0.29) is 28.7 Å². The van der Waals surface area contributed by atoms with Crippen LogP contribution >= 0.6 is 11.9 Å². The summed E-state index contributed by atoms with van der Waals surface area (Å²) in [4.78, 5) is 33.5. The van der Waals surface area contributed by atoms with Crippen LogP contribution in [0.2, 0.25) is 0 Å². The fraction of sp³-hybridized carbons (Fsp3) is 0.265. The second-order valence-electron chi connectivity index (χ2n) is 9.77. The first-order valence-corrected chi connectivity index (χ1v) is 15.1. The van der Waals surface area contributed by atoms with Crippen LogP contribution in [-0.4, -0.2) is 60.8 Å². The summed E-state index contributed by atoms with van der Waals surface area (Å²) in [6, 6.07) is 17.4. The minimum atomic E-state index is -0.619. The first kappa shape index (κ1) is 33.1. The Labute approximate surface area is 258 Å². The van der Waals surface area contributed by atoms with E-state index in [1.807, 2.05) is 49.4 Å². The molecule has 1 saturated heterocycles. The number of aliphatic imine (C=N–C) groups is 1. The lowest BCUT2D eigenvalue weighted by atomic mass is 10.0. The van der Waals surface area contributed by atoms with Gasteiger partial charge in [-0.2, -0.15) is 0 Å². The molecule has 2 aromatic carbocycles. The highest BCUT2D eigenvalue weighted by molar-refractivity contribution is 7.97. The number of nitrogens with zero attached hydrogens (tertiary/aromatic N) is 3. The number of rotatable bonds is 12. The summed E-state index contributed by atoms with van der Waals surface area (Å²) in [7, 11) is 0. The second kappa shape index (κ2) is 16.9. The van der Waals surface area contributed by atoms with Gasteiger partial charge in [-0.1, -0.05) is 49.1 Å². The Hall–Kier alpha value is -4.37. The maximum Gasteiger partial charge on any atom is 0.261 e. The highest BCUT2D eigenvalue weighted by Crippen LogP contribution is 2.23. The monoisotopic (exact) mass is 602 g/mol. The summed E-state index contributed by atoms with van der Waals surface area (Å²) in [5, 5.41) is 10.0. The van der Waals surface area contributed by atoms with Gasteiger partial charge >= 0.3 is 0 Å². The fourth-order valence-corrected chi connectivity index (χ4v) is 5.12. The number of anilines is 1. The van der Waals surface area contributed by atoms with E-state index in [1.54, 1.807) is 37.0 Å². The topological polar surface area (TPSA) is 85.2 Å². The average Bonchev–Trinajstić information content (AvgIpc) is 3.03. The molecule has 1 aliphatic heterocycles. The molecule has 0 saturated carbocycles. The van der Waals surface area contributed by atoms with Crippen molar-refractivity contribution in [2.75, 3.05) is 37.6 Å². The molecule has 7 nitrogen and oxygen atoms in total. The van der Waals surface area contributed by atoms with Crippen molar-refractivity contribution in [3.05, 3.63) is 125 Å². The van der Waals surface area contributed by atoms with E-state index in [4.69, 9.17) is 0 Å². The molecular formula is C34H39FN4O3S. The number of piperazine rings is 1. The third-order valence-electron chi connectivity index (χ3n) is 6.78. The zero-order chi connectivity index (χ0) is 31.2. The highest BCUT2D eigenvalue weighted by atomic mass is 32.2. The Morgan fingerprint density at radius 3 is 2.35 bits per heavy atom. The van der Waals surface area contributed by atoms with Crippen molar-refractivity contribution in [1.82, 2.24) is 9.62 Å². The number of amides is 2. The number of nitrogens with one attached hydrogen (secondary N) is 1. The van der Waals surface area contributed by atoms with Crippen LogP contribution in [0.4, 0.5) is 10.1 Å². The van der Waals surface area contributed by atoms with Crippen LogP contribution in [0, 0.1) is 0 Å². The molecule has 0 bridgehead atoms. The maximum atomic E-state index is 15.2. The van der Waals surface area contributed by atoms with Gasteiger partial charge in [0.15, 0.2) is 0 Å². The van der Waals surface area contributed by atoms with Gasteiger partial charge in [-0.15, -0.1) is 0 Å². The molecule has 0 radical (unpaired) electrons. The molecule has 1 heterocycles. The normalized spacial score (nSPS) is 15.4. The predicted octanol–water partition coefficient (Wildman–Crippen LogP) is 6.75. The SMILES string of the molecule is C=CC(=C(F)\C=C(/C)C(=O)N1CCN(c2ccc(C(=O)NSCc3ccccc3)cc2)CC1)/C(/C=C(O)\C=N\CC)=C/C. The number of hydrogen-bond acceptors (Lipinski definition) is 6. The summed E-state index contributed by atoms with van der Waals surface area (Å²) < 4.78 is 18.1. The molecule has 2 aromatic rings. The molecule has 226 valence electrons. The number of aliphatic hydroxyl groups excluding tert-OH is 1. The molecule has 0 atom stereocenters. The fourth-order valence-electron chi connectivity index (χ4n) is 4.44. The summed E-state index contributed by atoms with van der Waals surface area (Å²) in [5.41, 5.74) is 3.54. The molecule has 43 heavy (non-hydrogen) atoms. The Kier molecular flexibility index (Phi) is 13.0. The molecule has 3 rings (SSSR count). The van der Waals surface area contributed by atoms with Gasteiger partial charge in [0.1, 0.15) is 11.6 Å². The van der Waals surface area contributed by atoms with Gasteiger partial charge in [-0.05, 0) is 80.3 Å². The van der Waals surface area contributed by atoms with Crippen LogP contribution in [0.1, 0.15) is 36.7 Å². The van der Waals surface area contributed by atoms with Crippen molar-refractivity contribution < 1.29 is 19.1 Å². The van der Waals surface area contributed by atoms with Gasteiger partial charge in [0.2, 0.25) is 5.91 Å². The Bertz CT molecular complexity index is 1420. The number of aliphatic hydroxyl groups is 1. The summed E-state index contributed by atoms with van der Waals surface area (Å²) in [6.07, 6.45) is 6.94. The summed E-state index contributed by atoms with van der Waals surface area (Å²) >= 11 is 1.36. The molecule has 0 unspecified atom stereocenters. The molecular weight excluding hydrogens is 563 g/mol. The van der Waals surface area contributed by atoms with Crippen LogP contribution in [0.25, 0.3) is 0 Å². The number of hydrogen-bond donors (Lipinski definition) is 2. The minimum Gasteiger partial charge on any atom is -0.506 e. The van der Waals surface area contributed by atoms with Gasteiger partial charge < -0.3 is 14.9 Å². The van der Waals surface area contributed by atoms with Gasteiger partial charge in [0.05, 0.1) is 6.21 Å². The zero-order valence-corrected chi connectivity index (χ0v) is 25.7. The lowest BCUT2D eigenvalue weighted by Crippen LogP contribution is -2.49. The van der Waals surface area contributed by atoms with Crippen molar-refractivity contribution >= 4 is 35.7 Å². The highest BCUT2D eigenvalue weighted by Gasteiger charge is 2.23. The maximum absolute atomic E-state index is 15.2. The Balaban J connectivity index is 1.57. The number of carbonyl (C=O) groups excluding carboxylic acids is 2. The summed E-state index contributed by atoms with van der Waals surface area (Å²) in [6.45, 7) is 11.6. The molecule has 2 amide bonds. The molecule has 1 aliphatic rings. The number of halogens is 1. The molecule has 0 aliphatic carbocycles. The number of allylic oxidation sites excluding steroid dienone is 8. The molecule has 1 fully saturated rings. The van der Waals surface area contributed by atoms with Crippen molar-refractivity contribution in [2.45, 2.75) is 26.5 Å². The van der Waals surface area contributed by atoms with E-state index in [9.17, 15) is 14.7 Å². The molecule has 2 N–H and O–H groups in total. The second-order valence-corrected chi connectivity index (χ2v) is 10.5. The van der Waals surface area contributed by atoms with Crippen molar-refractivity contribution in [2.24, 2.45) is 4.99 Å². The minimum absolute atomic E-state index is 0.104. The van der Waals surface area contributed by atoms with Crippen molar-refractivity contribution in [3.63, 3.8) is 0 Å². The van der Waals surface area contributed by atoms with E-state index >= 15 is 4.39 Å². The van der Waals surface area contributed by atoms with Gasteiger partial charge in [0.25, 0.3) is 5.91 Å². The molecule has 0 spiro atoms. The van der Waals surface area contributed by atoms with Crippen LogP contribution in [0.5, 0.6) is 0 Å². The van der Waals surface area contributed by atoms with Gasteiger partial charge in [-0.3, -0.25) is 19.3 Å². The Morgan fingerprint density at radius 2 is 1.74 bits per heavy atom. The van der Waals surface area contributed by atoms with E-state index in [0.717, 1.165) is 11.3 Å². The standard InChI is InChI=1S/C34H39FN4O3S/c1-5-27(22-30(40)23-36-7-3)31(6-2)32(35)21-25(4)34(42)39-19-17-38(18-20-39)29-15-13-28(14-16-29)33(41)37-43-24-26-11-9-8-10-12-26/h5-6,8-16,21-23,40H,2,7,17-20,24H2,1,3-4H3,(H,37,41)/b25-21+,27-5+,30-22+,32-31-,36-23+. The van der Waals surface area contributed by atoms with Crippen molar-refractivity contribution in [1.29, 1.82) is 0 Å². The van der Waals surface area contributed by atoms with Gasteiger partial charge in [0, 0.05) is 60.9 Å². The largest absolute Gasteiger partial charge is 0.506 e. The van der Waals surface area contributed by atoms with E-state index < -0.39 is 5.83 Å². The predicted molar refractivity (Wildman–Crippen MR) is 176 cm³/mol. The van der Waals surface area contributed by atoms with Crippen molar-refractivity contribution in [3.8, 4) is 0 Å². The Morgan fingerprint density at radius 1 is 1.07 bits per heavy atom. The smallest absolute Gasteiger partial charge is 0.261 e. The van der Waals surface area contributed by atoms with Crippen LogP contribution in [0.3, 0.4) is 0 Å². The van der Waals surface area contributed by atoms with E-state index in [1.165, 1.54) is 36.4 Å². The third kappa shape index (κ3) is 9.85. The van der Waals surface area contributed by atoms with Gasteiger partial charge in [-0.25, -0.2) is 4.39 Å². The molecule has 0 aromatic heterocycles. The number of benzene rings is 2. The summed E-state index contributed by atoms with van der Waals surface area (Å²) in [5.74, 6) is -0.424. The zero-order valence-electron chi connectivity index (χ0n) is 24.9. The quantitative estimate of drug-likeness (QED) is 0.0923. The molecule has 9 heteroatoms. The van der Waals surface area contributed by atoms with Crippen LogP contribution in [0.15, 0.2) is 119 Å². The van der Waals surface area contributed by atoms with E-state index in [0.29, 0.717) is 49.6 Å². The first-order chi connectivity index (χ1) is 20.8. The number of carbonyl (C=O) groups is 2. The average molecular weight is 603 g/mol. The lowest BCUT2D eigenvalue weighted by molar-refractivity contribution is -0.127. The van der Waals surface area contributed by atoms with E-state index in [2.05, 4.69) is 21.2 Å². The van der Waals surface area contributed by atoms with Crippen LogP contribution < -0.4 is 9.62 Å². The third-order valence-corrected chi connectivity index (χ3v) is 7.59. The lowest BCUT2D eigenvalue weighted by Gasteiger charge is -2.36.